The molecule has 1 N–H and O–H groups in total. The molecule has 0 aliphatic heterocycles. The molecule has 1 amide bonds. The topological polar surface area (TPSA) is 108 Å². The number of esters is 1. The van der Waals surface area contributed by atoms with Crippen molar-refractivity contribution in [2.45, 2.75) is 52.4 Å². The second-order valence-electron chi connectivity index (χ2n) is 5.68. The number of allylic oxidation sites excluding steroid dienone is 2. The highest BCUT2D eigenvalue weighted by atomic mass is 16.9. The Morgan fingerprint density at radius 2 is 2.00 bits per heavy atom. The first-order chi connectivity index (χ1) is 12.4. The van der Waals surface area contributed by atoms with Crippen LogP contribution in [0.2, 0.25) is 0 Å². The number of hydrogen-bond donors (Lipinski definition) is 1. The number of rotatable bonds is 11. The maximum absolute atomic E-state index is 12.0. The Bertz CT molecular complexity index is 644. The quantitative estimate of drug-likeness (QED) is 0.213. The van der Waals surface area contributed by atoms with Crippen molar-refractivity contribution in [2.75, 3.05) is 0 Å². The Labute approximate surface area is 152 Å². The molecular weight excluding hydrogens is 340 g/mol. The van der Waals surface area contributed by atoms with Gasteiger partial charge in [0.25, 0.3) is 5.09 Å². The van der Waals surface area contributed by atoms with E-state index < -0.39 is 17.1 Å². The summed E-state index contributed by atoms with van der Waals surface area (Å²) in [6.07, 6.45) is 5.79. The Kier molecular flexibility index (Phi) is 9.45. The molecule has 0 heterocycles. The van der Waals surface area contributed by atoms with Crippen molar-refractivity contribution in [1.82, 2.24) is 5.32 Å². The summed E-state index contributed by atoms with van der Waals surface area (Å²) in [5.74, 6) is -0.739. The largest absolute Gasteiger partial charge is 0.459 e. The maximum atomic E-state index is 12.0. The monoisotopic (exact) mass is 364 g/mol. The number of benzene rings is 1. The van der Waals surface area contributed by atoms with Crippen LogP contribution in [0.3, 0.4) is 0 Å². The van der Waals surface area contributed by atoms with Crippen LogP contribution in [0.1, 0.15) is 44.2 Å². The van der Waals surface area contributed by atoms with Crippen molar-refractivity contribution >= 4 is 11.9 Å². The summed E-state index contributed by atoms with van der Waals surface area (Å²) in [7, 11) is 0. The molecule has 0 aliphatic rings. The van der Waals surface area contributed by atoms with Gasteiger partial charge in [-0.1, -0.05) is 36.4 Å². The van der Waals surface area contributed by atoms with E-state index in [0.717, 1.165) is 12.8 Å². The molecule has 8 nitrogen and oxygen atoms in total. The number of nitrogens with zero attached hydrogens (tertiary/aromatic N) is 1. The van der Waals surface area contributed by atoms with Crippen LogP contribution in [0.4, 0.5) is 0 Å². The minimum atomic E-state index is -0.865. The second-order valence-corrected chi connectivity index (χ2v) is 5.68. The van der Waals surface area contributed by atoms with Gasteiger partial charge in [-0.2, -0.15) is 0 Å². The molecule has 0 fully saturated rings. The molecule has 1 rings (SSSR count). The molecule has 0 saturated heterocycles. The lowest BCUT2D eigenvalue weighted by Crippen LogP contribution is -2.39. The van der Waals surface area contributed by atoms with E-state index in [2.05, 4.69) is 10.2 Å². The van der Waals surface area contributed by atoms with Crippen LogP contribution in [-0.4, -0.2) is 23.0 Å². The molecule has 0 aromatic heterocycles. The summed E-state index contributed by atoms with van der Waals surface area (Å²) >= 11 is 0. The van der Waals surface area contributed by atoms with E-state index in [-0.39, 0.29) is 19.1 Å². The van der Waals surface area contributed by atoms with Crippen molar-refractivity contribution in [2.24, 2.45) is 0 Å². The first-order valence-corrected chi connectivity index (χ1v) is 8.34. The van der Waals surface area contributed by atoms with Crippen molar-refractivity contribution in [3.8, 4) is 0 Å². The SMILES string of the molecule is C/C=C\CCCC(=O)NC(C)C(=O)OCc1cccc(CO[N+](=O)[O-])c1. The molecule has 0 radical (unpaired) electrons. The molecule has 1 unspecified atom stereocenters. The number of carbonyl (C=O) groups excluding carboxylic acids is 2. The first kappa shape index (κ1) is 21.1. The number of unbranched alkanes of at least 4 members (excludes halogenated alkanes) is 1. The minimum absolute atomic E-state index is 0.00659. The molecule has 0 saturated carbocycles. The zero-order valence-corrected chi connectivity index (χ0v) is 15.0. The van der Waals surface area contributed by atoms with Crippen molar-refractivity contribution in [3.63, 3.8) is 0 Å². The summed E-state index contributed by atoms with van der Waals surface area (Å²) < 4.78 is 5.17. The normalized spacial score (nSPS) is 11.8. The fourth-order valence-electron chi connectivity index (χ4n) is 2.14. The zero-order chi connectivity index (χ0) is 19.4. The number of hydrogen-bond acceptors (Lipinski definition) is 6. The first-order valence-electron chi connectivity index (χ1n) is 8.34. The van der Waals surface area contributed by atoms with Crippen LogP contribution in [0.25, 0.3) is 0 Å². The molecule has 142 valence electrons. The van der Waals surface area contributed by atoms with Gasteiger partial charge in [-0.05, 0) is 37.8 Å². The van der Waals surface area contributed by atoms with E-state index >= 15 is 0 Å². The van der Waals surface area contributed by atoms with Gasteiger partial charge in [0.15, 0.2) is 0 Å². The molecule has 0 bridgehead atoms. The summed E-state index contributed by atoms with van der Waals surface area (Å²) in [4.78, 5) is 38.2. The molecule has 1 aromatic carbocycles. The molecule has 1 atom stereocenters. The van der Waals surface area contributed by atoms with Crippen molar-refractivity contribution in [1.29, 1.82) is 0 Å². The number of amides is 1. The third-order valence-electron chi connectivity index (χ3n) is 3.45. The Morgan fingerprint density at radius 1 is 1.31 bits per heavy atom. The van der Waals surface area contributed by atoms with Crippen molar-refractivity contribution < 1.29 is 24.3 Å². The van der Waals surface area contributed by atoms with Gasteiger partial charge in [-0.15, -0.1) is 10.1 Å². The third-order valence-corrected chi connectivity index (χ3v) is 3.45. The van der Waals surface area contributed by atoms with E-state index in [0.29, 0.717) is 17.5 Å². The Hall–Kier alpha value is -2.90. The van der Waals surface area contributed by atoms with Gasteiger partial charge < -0.3 is 14.9 Å². The molecule has 0 aliphatic carbocycles. The van der Waals surface area contributed by atoms with E-state index in [1.54, 1.807) is 31.2 Å². The van der Waals surface area contributed by atoms with E-state index in [1.165, 1.54) is 0 Å². The second kappa shape index (κ2) is 11.6. The lowest BCUT2D eigenvalue weighted by molar-refractivity contribution is -0.763. The van der Waals surface area contributed by atoms with Gasteiger partial charge in [-0.25, -0.2) is 4.79 Å². The summed E-state index contributed by atoms with van der Waals surface area (Å²) in [5, 5.41) is 11.9. The number of ether oxygens (including phenoxy) is 1. The predicted octanol–water partition coefficient (Wildman–Crippen LogP) is 2.69. The van der Waals surface area contributed by atoms with Gasteiger partial charge >= 0.3 is 5.97 Å². The lowest BCUT2D eigenvalue weighted by Gasteiger charge is -2.13. The van der Waals surface area contributed by atoms with E-state index in [1.807, 2.05) is 19.1 Å². The lowest BCUT2D eigenvalue weighted by atomic mass is 10.1. The van der Waals surface area contributed by atoms with Crippen LogP contribution in [-0.2, 0) is 32.4 Å². The van der Waals surface area contributed by atoms with Crippen LogP contribution < -0.4 is 5.32 Å². The van der Waals surface area contributed by atoms with Crippen LogP contribution in [0.5, 0.6) is 0 Å². The van der Waals surface area contributed by atoms with Gasteiger partial charge in [0, 0.05) is 6.42 Å². The van der Waals surface area contributed by atoms with Gasteiger partial charge in [-0.3, -0.25) is 4.79 Å². The van der Waals surface area contributed by atoms with Gasteiger partial charge in [0.2, 0.25) is 5.91 Å². The average molecular weight is 364 g/mol. The van der Waals surface area contributed by atoms with E-state index in [4.69, 9.17) is 4.74 Å². The van der Waals surface area contributed by atoms with Crippen LogP contribution in [0, 0.1) is 10.1 Å². The van der Waals surface area contributed by atoms with Crippen LogP contribution in [0.15, 0.2) is 36.4 Å². The molecular formula is C18H24N2O6. The highest BCUT2D eigenvalue weighted by molar-refractivity contribution is 5.84. The zero-order valence-electron chi connectivity index (χ0n) is 15.0. The molecule has 8 heteroatoms. The standard InChI is InChI=1S/C18H24N2O6/c1-3-4-5-6-10-17(21)19-14(2)18(22)25-12-15-8-7-9-16(11-15)13-26-20(23)24/h3-4,7-9,11,14H,5-6,10,12-13H2,1-2H3,(H,19,21)/b4-3-. The van der Waals surface area contributed by atoms with Gasteiger partial charge in [0.05, 0.1) is 0 Å². The Morgan fingerprint density at radius 3 is 2.65 bits per heavy atom. The third kappa shape index (κ3) is 8.81. The molecule has 0 spiro atoms. The summed E-state index contributed by atoms with van der Waals surface area (Å²) in [6, 6.07) is 6.00. The summed E-state index contributed by atoms with van der Waals surface area (Å²) in [5.41, 5.74) is 1.27. The highest BCUT2D eigenvalue weighted by Gasteiger charge is 2.16. The van der Waals surface area contributed by atoms with E-state index in [9.17, 15) is 19.7 Å². The van der Waals surface area contributed by atoms with Crippen molar-refractivity contribution in [3.05, 3.63) is 57.7 Å². The predicted molar refractivity (Wildman–Crippen MR) is 94.3 cm³/mol. The average Bonchev–Trinajstić information content (AvgIpc) is 2.61. The number of nitrogens with one attached hydrogen (secondary N) is 1. The maximum Gasteiger partial charge on any atom is 0.328 e. The highest BCUT2D eigenvalue weighted by Crippen LogP contribution is 2.09. The van der Waals surface area contributed by atoms with Crippen LogP contribution >= 0.6 is 0 Å². The smallest absolute Gasteiger partial charge is 0.328 e. The molecule has 1 aromatic rings. The summed E-state index contributed by atoms with van der Waals surface area (Å²) in [6.45, 7) is 3.32. The minimum Gasteiger partial charge on any atom is -0.459 e. The number of carbonyl (C=O) groups is 2. The molecule has 26 heavy (non-hydrogen) atoms. The van der Waals surface area contributed by atoms with Gasteiger partial charge in [0.1, 0.15) is 19.3 Å². The fourth-order valence-corrected chi connectivity index (χ4v) is 2.14. The Balaban J connectivity index is 2.39. The fraction of sp³-hybridized carbons (Fsp3) is 0.444.